The summed E-state index contributed by atoms with van der Waals surface area (Å²) in [6.45, 7) is 7.06. The van der Waals surface area contributed by atoms with E-state index in [4.69, 9.17) is 4.42 Å². The standard InChI is InChI=1S/C18H22N4O2/c1-12(2)6-8-19-17(23)11-22-9-7-14-4-5-15(10-16(14)22)18-21-20-13(3)24-18/h4-5,7,9-10,12H,6,8,11H2,1-3H3,(H,19,23). The first-order valence-corrected chi connectivity index (χ1v) is 8.19. The van der Waals surface area contributed by atoms with Gasteiger partial charge in [-0.1, -0.05) is 19.9 Å². The summed E-state index contributed by atoms with van der Waals surface area (Å²) in [6.07, 6.45) is 2.91. The van der Waals surface area contributed by atoms with Crippen molar-refractivity contribution >= 4 is 16.8 Å². The average Bonchev–Trinajstić information content (AvgIpc) is 3.13. The summed E-state index contributed by atoms with van der Waals surface area (Å²) < 4.78 is 7.42. The molecule has 0 saturated carbocycles. The average molecular weight is 326 g/mol. The predicted molar refractivity (Wildman–Crippen MR) is 92.4 cm³/mol. The molecule has 0 aliphatic rings. The smallest absolute Gasteiger partial charge is 0.247 e. The molecule has 126 valence electrons. The minimum atomic E-state index is 0.0205. The van der Waals surface area contributed by atoms with Gasteiger partial charge in [0, 0.05) is 30.7 Å². The Bertz CT molecular complexity index is 848. The Morgan fingerprint density at radius 1 is 1.29 bits per heavy atom. The monoisotopic (exact) mass is 326 g/mol. The fourth-order valence-electron chi connectivity index (χ4n) is 2.58. The van der Waals surface area contributed by atoms with Crippen molar-refractivity contribution in [3.8, 4) is 11.5 Å². The Morgan fingerprint density at radius 3 is 2.83 bits per heavy atom. The van der Waals surface area contributed by atoms with E-state index in [1.807, 2.05) is 35.0 Å². The fourth-order valence-corrected chi connectivity index (χ4v) is 2.58. The van der Waals surface area contributed by atoms with Crippen LogP contribution < -0.4 is 5.32 Å². The van der Waals surface area contributed by atoms with Gasteiger partial charge in [-0.3, -0.25) is 4.79 Å². The molecule has 3 aromatic rings. The van der Waals surface area contributed by atoms with Crippen LogP contribution in [-0.4, -0.2) is 27.2 Å². The van der Waals surface area contributed by atoms with Crippen molar-refractivity contribution in [3.63, 3.8) is 0 Å². The second kappa shape index (κ2) is 6.86. The summed E-state index contributed by atoms with van der Waals surface area (Å²) in [7, 11) is 0. The van der Waals surface area contributed by atoms with Crippen LogP contribution in [0.2, 0.25) is 0 Å². The molecule has 0 radical (unpaired) electrons. The maximum atomic E-state index is 12.1. The molecule has 2 aromatic heterocycles. The quantitative estimate of drug-likeness (QED) is 0.755. The number of carbonyl (C=O) groups excluding carboxylic acids is 1. The lowest BCUT2D eigenvalue weighted by Gasteiger charge is -2.09. The van der Waals surface area contributed by atoms with Crippen molar-refractivity contribution in [3.05, 3.63) is 36.4 Å². The number of nitrogens with zero attached hydrogens (tertiary/aromatic N) is 3. The van der Waals surface area contributed by atoms with Crippen molar-refractivity contribution in [2.75, 3.05) is 6.54 Å². The Morgan fingerprint density at radius 2 is 2.12 bits per heavy atom. The Hall–Kier alpha value is -2.63. The zero-order chi connectivity index (χ0) is 17.1. The number of aromatic nitrogens is 3. The number of benzene rings is 1. The Balaban J connectivity index is 1.77. The lowest BCUT2D eigenvalue weighted by atomic mass is 10.1. The van der Waals surface area contributed by atoms with Gasteiger partial charge in [-0.2, -0.15) is 0 Å². The molecule has 1 amide bonds. The van der Waals surface area contributed by atoms with E-state index < -0.39 is 0 Å². The van der Waals surface area contributed by atoms with Crippen LogP contribution in [0.4, 0.5) is 0 Å². The molecular formula is C18H22N4O2. The second-order valence-corrected chi connectivity index (χ2v) is 6.38. The van der Waals surface area contributed by atoms with Crippen molar-refractivity contribution in [2.45, 2.75) is 33.7 Å². The maximum absolute atomic E-state index is 12.1. The summed E-state index contributed by atoms with van der Waals surface area (Å²) in [5.41, 5.74) is 1.82. The number of fused-ring (bicyclic) bond motifs is 1. The van der Waals surface area contributed by atoms with Crippen LogP contribution in [0.3, 0.4) is 0 Å². The van der Waals surface area contributed by atoms with Crippen molar-refractivity contribution in [1.82, 2.24) is 20.1 Å². The van der Waals surface area contributed by atoms with Gasteiger partial charge in [-0.05, 0) is 35.9 Å². The number of rotatable bonds is 6. The van der Waals surface area contributed by atoms with Crippen molar-refractivity contribution in [2.24, 2.45) is 5.92 Å². The van der Waals surface area contributed by atoms with Gasteiger partial charge in [-0.15, -0.1) is 10.2 Å². The topological polar surface area (TPSA) is 73.0 Å². The molecule has 1 N–H and O–H groups in total. The second-order valence-electron chi connectivity index (χ2n) is 6.38. The number of hydrogen-bond acceptors (Lipinski definition) is 4. The molecule has 0 spiro atoms. The highest BCUT2D eigenvalue weighted by molar-refractivity contribution is 5.86. The lowest BCUT2D eigenvalue weighted by molar-refractivity contribution is -0.121. The number of carbonyl (C=O) groups is 1. The molecule has 1 aromatic carbocycles. The van der Waals surface area contributed by atoms with Gasteiger partial charge in [0.25, 0.3) is 0 Å². The summed E-state index contributed by atoms with van der Waals surface area (Å²) in [5.74, 6) is 1.62. The summed E-state index contributed by atoms with van der Waals surface area (Å²) >= 11 is 0. The third-order valence-electron chi connectivity index (χ3n) is 3.90. The maximum Gasteiger partial charge on any atom is 0.247 e. The Kier molecular flexibility index (Phi) is 4.64. The predicted octanol–water partition coefficient (Wildman–Crippen LogP) is 3.16. The van der Waals surface area contributed by atoms with Gasteiger partial charge in [0.15, 0.2) is 0 Å². The number of amides is 1. The van der Waals surface area contributed by atoms with Crippen LogP contribution in [0.15, 0.2) is 34.9 Å². The van der Waals surface area contributed by atoms with Crippen molar-refractivity contribution < 1.29 is 9.21 Å². The third-order valence-corrected chi connectivity index (χ3v) is 3.90. The van der Waals surface area contributed by atoms with Crippen LogP contribution in [-0.2, 0) is 11.3 Å². The molecule has 6 nitrogen and oxygen atoms in total. The SMILES string of the molecule is Cc1nnc(-c2ccc3ccn(CC(=O)NCCC(C)C)c3c2)o1. The van der Waals surface area contributed by atoms with Gasteiger partial charge in [-0.25, -0.2) is 0 Å². The van der Waals surface area contributed by atoms with Crippen LogP contribution in [0.5, 0.6) is 0 Å². The van der Waals surface area contributed by atoms with Gasteiger partial charge in [0.2, 0.25) is 17.7 Å². The minimum absolute atomic E-state index is 0.0205. The van der Waals surface area contributed by atoms with E-state index in [1.54, 1.807) is 6.92 Å². The van der Waals surface area contributed by atoms with E-state index >= 15 is 0 Å². The number of hydrogen-bond donors (Lipinski definition) is 1. The van der Waals surface area contributed by atoms with E-state index in [0.717, 1.165) is 22.9 Å². The number of nitrogens with one attached hydrogen (secondary N) is 1. The fraction of sp³-hybridized carbons (Fsp3) is 0.389. The number of aryl methyl sites for hydroxylation is 1. The third kappa shape index (κ3) is 3.64. The van der Waals surface area contributed by atoms with Gasteiger partial charge < -0.3 is 14.3 Å². The molecule has 0 bridgehead atoms. The molecular weight excluding hydrogens is 304 g/mol. The van der Waals surface area contributed by atoms with Gasteiger partial charge >= 0.3 is 0 Å². The molecule has 3 rings (SSSR count). The first kappa shape index (κ1) is 16.2. The molecule has 6 heteroatoms. The van der Waals surface area contributed by atoms with Crippen LogP contribution >= 0.6 is 0 Å². The molecule has 2 heterocycles. The molecule has 0 atom stereocenters. The normalized spacial score (nSPS) is 11.3. The van der Waals surface area contributed by atoms with Crippen LogP contribution in [0.1, 0.15) is 26.2 Å². The first-order valence-electron chi connectivity index (χ1n) is 8.19. The highest BCUT2D eigenvalue weighted by Crippen LogP contribution is 2.24. The van der Waals surface area contributed by atoms with Gasteiger partial charge in [0.05, 0.1) is 0 Å². The van der Waals surface area contributed by atoms with E-state index in [2.05, 4.69) is 29.4 Å². The van der Waals surface area contributed by atoms with E-state index in [1.165, 1.54) is 0 Å². The first-order chi connectivity index (χ1) is 11.5. The molecule has 0 aliphatic carbocycles. The van der Waals surface area contributed by atoms with Crippen LogP contribution in [0, 0.1) is 12.8 Å². The lowest BCUT2D eigenvalue weighted by Crippen LogP contribution is -2.28. The zero-order valence-electron chi connectivity index (χ0n) is 14.2. The highest BCUT2D eigenvalue weighted by atomic mass is 16.4. The highest BCUT2D eigenvalue weighted by Gasteiger charge is 2.10. The van der Waals surface area contributed by atoms with Crippen molar-refractivity contribution in [1.29, 1.82) is 0 Å². The van der Waals surface area contributed by atoms with E-state index in [9.17, 15) is 4.79 Å². The molecule has 0 aliphatic heterocycles. The summed E-state index contributed by atoms with van der Waals surface area (Å²) in [6, 6.07) is 7.92. The largest absolute Gasteiger partial charge is 0.421 e. The van der Waals surface area contributed by atoms with E-state index in [0.29, 0.717) is 30.8 Å². The van der Waals surface area contributed by atoms with E-state index in [-0.39, 0.29) is 5.91 Å². The summed E-state index contributed by atoms with van der Waals surface area (Å²) in [5, 5.41) is 12.0. The summed E-state index contributed by atoms with van der Waals surface area (Å²) in [4.78, 5) is 12.1. The molecule has 0 saturated heterocycles. The molecule has 0 fully saturated rings. The van der Waals surface area contributed by atoms with Crippen LogP contribution in [0.25, 0.3) is 22.4 Å². The minimum Gasteiger partial charge on any atom is -0.421 e. The molecule has 24 heavy (non-hydrogen) atoms. The van der Waals surface area contributed by atoms with Gasteiger partial charge in [0.1, 0.15) is 6.54 Å². The Labute approximate surface area is 140 Å². The molecule has 0 unspecified atom stereocenters. The zero-order valence-corrected chi connectivity index (χ0v) is 14.2.